The Morgan fingerprint density at radius 1 is 0.458 bits per heavy atom. The Morgan fingerprint density at radius 3 is 1.47 bits per heavy atom. The summed E-state index contributed by atoms with van der Waals surface area (Å²) >= 11 is 1.74. The first-order chi connectivity index (χ1) is 68.4. The number of carboxylic acids is 2. The van der Waals surface area contributed by atoms with Gasteiger partial charge in [-0.3, -0.25) is 106 Å². The van der Waals surface area contributed by atoms with Gasteiger partial charge < -0.3 is 144 Å². The number of hydrogen-bond acceptors (Lipinski definition) is 30. The number of aliphatic carboxylic acids is 2. The van der Waals surface area contributed by atoms with Gasteiger partial charge in [0.25, 0.3) is 5.78 Å². The van der Waals surface area contributed by atoms with Crippen molar-refractivity contribution in [2.24, 2.45) is 28.9 Å². The van der Waals surface area contributed by atoms with Gasteiger partial charge >= 0.3 is 11.9 Å². The predicted octanol–water partition coefficient (Wildman–Crippen LogP) is -10.5. The molecular formula is C90H125N25O26S3. The number of aliphatic hydroxyl groups excluding tert-OH is 1. The maximum Gasteiger partial charge on any atom is 0.374 e. The summed E-state index contributed by atoms with van der Waals surface area (Å²) in [6.45, 7) is 2.15. The Balaban J connectivity index is 1.44. The number of carbonyl (C=O) groups is 23. The average molecular weight is 2070 g/mol. The summed E-state index contributed by atoms with van der Waals surface area (Å²) in [5, 5.41) is 84.3. The monoisotopic (exact) mass is 2070 g/mol. The lowest BCUT2D eigenvalue weighted by atomic mass is 10.00. The molecule has 20 amide bonds. The molecule has 0 unspecified atom stereocenters. The van der Waals surface area contributed by atoms with E-state index in [4.69, 9.17) is 28.3 Å². The van der Waals surface area contributed by atoms with E-state index in [0.29, 0.717) is 52.0 Å². The van der Waals surface area contributed by atoms with E-state index in [9.17, 15) is 68.1 Å². The largest absolute Gasteiger partial charge is 0.479 e. The Kier molecular flexibility index (Phi) is 45.3. The Labute approximate surface area is 839 Å². The second-order valence-corrected chi connectivity index (χ2v) is 39.1. The molecule has 6 bridgehead atoms. The minimum atomic E-state index is -3.01. The van der Waals surface area contributed by atoms with E-state index in [2.05, 4.69) is 90.4 Å². The Hall–Kier alpha value is -14.1. The van der Waals surface area contributed by atoms with Gasteiger partial charge in [0.2, 0.25) is 118 Å². The fourth-order valence-electron chi connectivity index (χ4n) is 15.8. The van der Waals surface area contributed by atoms with E-state index in [0.717, 1.165) is 0 Å². The topological polar surface area (TPSA) is 813 Å². The number of nitrogens with zero attached hydrogens (tertiary/aromatic N) is 1. The highest BCUT2D eigenvalue weighted by Crippen LogP contribution is 2.24. The summed E-state index contributed by atoms with van der Waals surface area (Å²) in [7, 11) is 0. The number of hydrogen-bond donors (Lipinski definition) is 27. The van der Waals surface area contributed by atoms with Crippen molar-refractivity contribution in [1.82, 2.24) is 106 Å². The molecule has 3 aromatic rings. The number of nitrogens with one attached hydrogen (secondary N) is 20. The first kappa shape index (κ1) is 115. The van der Waals surface area contributed by atoms with Gasteiger partial charge in [-0.25, -0.2) is 9.59 Å². The number of nitrogens with two attached hydrogens (primary N) is 4. The number of benzene rings is 3. The van der Waals surface area contributed by atoms with E-state index >= 15 is 57.5 Å². The second kappa shape index (κ2) is 56.6. The van der Waals surface area contributed by atoms with Crippen molar-refractivity contribution in [3.05, 3.63) is 108 Å². The van der Waals surface area contributed by atoms with Crippen LogP contribution in [0, 0.1) is 11.3 Å². The molecule has 5 saturated heterocycles. The highest BCUT2D eigenvalue weighted by atomic mass is 32.2. The fraction of sp³-hybridized carbons (Fsp3) is 0.533. The van der Waals surface area contributed by atoms with Crippen LogP contribution in [0.3, 0.4) is 0 Å². The molecule has 5 fully saturated rings. The molecule has 31 N–H and O–H groups in total. The van der Waals surface area contributed by atoms with Gasteiger partial charge in [0.1, 0.15) is 90.6 Å². The molecule has 3 aromatic carbocycles. The summed E-state index contributed by atoms with van der Waals surface area (Å²) in [6.07, 6.45) is -7.91. The first-order valence-corrected chi connectivity index (χ1v) is 49.7. The van der Waals surface area contributed by atoms with Crippen LogP contribution in [0.4, 0.5) is 0 Å². The van der Waals surface area contributed by atoms with Crippen molar-refractivity contribution in [2.45, 2.75) is 230 Å². The number of primary amides is 2. The average Bonchev–Trinajstić information content (AvgIpc) is 1.37. The van der Waals surface area contributed by atoms with Gasteiger partial charge in [-0.05, 0) is 80.5 Å². The van der Waals surface area contributed by atoms with Crippen LogP contribution in [0.5, 0.6) is 0 Å². The lowest BCUT2D eigenvalue weighted by Crippen LogP contribution is -2.64. The standard InChI is InChI=1S/C90H125N25O26S3/c1-43(2)66-85(135)110-59-41-142-40-58-80(130)109-60-42-144-45(4)68(87(137)106-55(76(126)111-66)34-48-22-12-7-13-23-48)112-77(127)54(33-47-20-10-6-11-21-47)105-83(133)61-26-17-31-115(61)65(119)38-99-73(123)53(32-46-18-8-5-9-19-46)104-79(129)57(107-81(60)131)36-96-29-15-14-24-50(70(120)88(138)139)101-86(136)67(113-78(128)56(35-63(93)117)100-64(118)37-98-84(134)69(114-82(59)132)71(121)89(140)141)44(3)143-39-49(91)72(122)102-51(25-16-30-97-90(94)95)74(124)103-52(75(125)108-58)27-28-62(92)116/h5-13,18-23,43-45,49-61,66-69,71,96,121H,14-17,24-42,91H2,1-4H3,(H2,92,116)(H2,93,117)(H,98,134)(H,99,123)(H,100,118)(H,101,136)(H,102,122)(H,103,124)(H,104,129)(H,105,133)(H,106,137)(H,107,131)(H,108,125)(H,109,130)(H,110,135)(H,111,126)(H,112,127)(H,113,128)(H,114,132)(H,138,139)(H,140,141)(H4,94,95,97)/t44-,45-,49+,50+,51+,52+,53+,54+,55+,56+,57+,58+,59+,60+,61+,66+,67+,68+,69+,71-/m1/s1. The molecule has 5 aliphatic rings. The van der Waals surface area contributed by atoms with Crippen molar-refractivity contribution in [3.63, 3.8) is 0 Å². The van der Waals surface area contributed by atoms with Crippen molar-refractivity contribution < 1.29 is 126 Å². The zero-order valence-electron chi connectivity index (χ0n) is 79.3. The van der Waals surface area contributed by atoms with Gasteiger partial charge in [0, 0.05) is 78.8 Å². The minimum Gasteiger partial charge on any atom is -0.479 e. The van der Waals surface area contributed by atoms with E-state index in [1.165, 1.54) is 32.6 Å². The molecule has 0 radical (unpaired) electrons. The molecule has 144 heavy (non-hydrogen) atoms. The molecule has 0 aromatic heterocycles. The third-order valence-corrected chi connectivity index (χ3v) is 27.5. The third kappa shape index (κ3) is 36.1. The number of Topliss-reactive ketones (excluding diaryl/α,β-unsaturated/α-hetero) is 1. The molecule has 54 heteroatoms. The number of rotatable bonds is 20. The van der Waals surface area contributed by atoms with Crippen LogP contribution in [0.2, 0.25) is 0 Å². The van der Waals surface area contributed by atoms with Gasteiger partial charge in [-0.15, -0.1) is 0 Å². The lowest BCUT2D eigenvalue weighted by molar-refractivity contribution is -0.152. The maximum absolute atomic E-state index is 16.2. The molecule has 0 aliphatic carbocycles. The van der Waals surface area contributed by atoms with Crippen molar-refractivity contribution in [3.8, 4) is 0 Å². The summed E-state index contributed by atoms with van der Waals surface area (Å²) in [5.41, 5.74) is 24.6. The SMILES string of the molecule is CC(C)[C@@H]1NC(=O)[C@H](Cc2ccccc2)NC(=O)[C@H]2NC(=O)[C@H](Cc3ccccc3)NC(=O)[C@@H]3CCCN3C(=O)CNC(=O)[C@H](Cc3ccccc3)NC(=O)[C@@H]3CNCCCC[C@@H](C(=O)C(=O)O)NC(=O)[C@H]4NC(=O)[C@H](CC(N)=O)NC(=O)CNC(=O)[C@H]([C@@H](O)C(=O)O)NC(=O)[C@H](CSC[C@H](NC(=O)[C@H](CCC(N)=O)NC(=O)[C@H](CCCNC(=N)N)NC(=O)[C@@H](N)CS[C@@H]4C)C(=O)N[C@@H](CS[C@@H]2C)C(=O)N3)NC1=O. The van der Waals surface area contributed by atoms with Crippen LogP contribution in [-0.2, 0) is 130 Å². The number of thioether (sulfide) groups is 3. The van der Waals surface area contributed by atoms with Gasteiger partial charge in [-0.2, -0.15) is 35.3 Å². The van der Waals surface area contributed by atoms with Gasteiger partial charge in [0.15, 0.2) is 12.1 Å². The van der Waals surface area contributed by atoms with Crippen molar-refractivity contribution in [2.75, 3.05) is 62.3 Å². The van der Waals surface area contributed by atoms with E-state index in [1.54, 1.807) is 91.0 Å². The molecule has 784 valence electrons. The van der Waals surface area contributed by atoms with Crippen LogP contribution in [0.1, 0.15) is 109 Å². The van der Waals surface area contributed by atoms with Crippen LogP contribution in [-0.4, -0.2) is 344 Å². The van der Waals surface area contributed by atoms with Crippen molar-refractivity contribution in [1.29, 1.82) is 5.41 Å². The number of carbonyl (C=O) groups excluding carboxylic acids is 21. The first-order valence-electron chi connectivity index (χ1n) is 46.5. The molecular weight excluding hydrogens is 1940 g/mol. The molecule has 0 saturated carbocycles. The number of aliphatic hydroxyl groups is 1. The van der Waals surface area contributed by atoms with Crippen molar-refractivity contribution >= 4 is 177 Å². The number of fused-ring (bicyclic) bond motifs is 22. The van der Waals surface area contributed by atoms with Gasteiger partial charge in [0.05, 0.1) is 31.6 Å². The number of amides is 20. The summed E-state index contributed by atoms with van der Waals surface area (Å²) in [4.78, 5) is 341. The van der Waals surface area contributed by atoms with Crippen LogP contribution >= 0.6 is 35.3 Å². The number of carboxylic acid groups (broad SMARTS) is 2. The summed E-state index contributed by atoms with van der Waals surface area (Å²) < 4.78 is 0. The predicted molar refractivity (Wildman–Crippen MR) is 519 cm³/mol. The summed E-state index contributed by atoms with van der Waals surface area (Å²) in [5.74, 6) is -35.9. The van der Waals surface area contributed by atoms with Gasteiger partial charge in [-0.1, -0.05) is 119 Å². The third-order valence-electron chi connectivity index (χ3n) is 23.7. The van der Waals surface area contributed by atoms with Crippen LogP contribution < -0.4 is 124 Å². The van der Waals surface area contributed by atoms with E-state index in [1.807, 2.05) is 10.6 Å². The lowest BCUT2D eigenvalue weighted by Gasteiger charge is -2.32. The minimum absolute atomic E-state index is 0.0240. The maximum atomic E-state index is 16.2. The molecule has 0 spiro atoms. The smallest absolute Gasteiger partial charge is 0.374 e. The van der Waals surface area contributed by atoms with E-state index < -0.39 is 348 Å². The molecule has 51 nitrogen and oxygen atoms in total. The quantitative estimate of drug-likeness (QED) is 0.0164. The molecule has 5 aliphatic heterocycles. The van der Waals surface area contributed by atoms with E-state index in [-0.39, 0.29) is 64.6 Å². The fourth-order valence-corrected chi connectivity index (χ4v) is 19.0. The Bertz CT molecular complexity index is 5180. The molecule has 5 heterocycles. The number of ketones is 1. The number of guanidine groups is 1. The highest BCUT2D eigenvalue weighted by Gasteiger charge is 2.45. The van der Waals surface area contributed by atoms with Crippen LogP contribution in [0.15, 0.2) is 91.0 Å². The second-order valence-electron chi connectivity index (χ2n) is 35.2. The zero-order chi connectivity index (χ0) is 106. The normalized spacial score (nSPS) is 27.7. The highest BCUT2D eigenvalue weighted by molar-refractivity contribution is 8.00. The van der Waals surface area contributed by atoms with Crippen LogP contribution in [0.25, 0.3) is 0 Å². The Morgan fingerprint density at radius 2 is 0.917 bits per heavy atom. The molecule has 8 rings (SSSR count). The summed E-state index contributed by atoms with van der Waals surface area (Å²) in [6, 6.07) is -9.16. The zero-order valence-corrected chi connectivity index (χ0v) is 81.7. The molecule has 20 atom stereocenters.